The molecule has 0 spiro atoms. The van der Waals surface area contributed by atoms with Gasteiger partial charge in [-0.05, 0) is 18.4 Å². The van der Waals surface area contributed by atoms with Gasteiger partial charge < -0.3 is 14.8 Å². The maximum atomic E-state index is 11.5. The predicted octanol–water partition coefficient (Wildman–Crippen LogP) is 2.92. The third kappa shape index (κ3) is 3.34. The molecule has 1 N–H and O–H groups in total. The van der Waals surface area contributed by atoms with Crippen molar-refractivity contribution in [2.24, 2.45) is 5.92 Å². The van der Waals surface area contributed by atoms with Crippen molar-refractivity contribution in [3.05, 3.63) is 35.9 Å². The van der Waals surface area contributed by atoms with Gasteiger partial charge in [0.25, 0.3) is 0 Å². The fourth-order valence-corrected chi connectivity index (χ4v) is 2.79. The molecule has 102 valence electrons. The number of carboxylic acid groups (broad SMARTS) is 1. The Morgan fingerprint density at radius 2 is 1.95 bits per heavy atom. The van der Waals surface area contributed by atoms with E-state index in [2.05, 4.69) is 0 Å². The summed E-state index contributed by atoms with van der Waals surface area (Å²) in [6, 6.07) is 9.34. The van der Waals surface area contributed by atoms with Gasteiger partial charge in [0.15, 0.2) is 0 Å². The highest BCUT2D eigenvalue weighted by Crippen LogP contribution is 2.28. The van der Waals surface area contributed by atoms with Gasteiger partial charge >= 0.3 is 6.09 Å². The Morgan fingerprint density at radius 3 is 2.58 bits per heavy atom. The Hall–Kier alpha value is -1.84. The van der Waals surface area contributed by atoms with E-state index in [1.807, 2.05) is 30.3 Å². The van der Waals surface area contributed by atoms with E-state index in [9.17, 15) is 14.7 Å². The standard InChI is InChI=1S/C15H19NO3/c17-11-13-8-4-5-9-14(13)16(15(18)19)10-12-6-2-1-3-7-12/h1-3,6-7,11,13-14H,4-5,8-10H2,(H,18,19)/t13-,14-/m1/s1. The van der Waals surface area contributed by atoms with Gasteiger partial charge in [0.05, 0.1) is 0 Å². The molecular formula is C15H19NO3. The molecule has 1 aromatic rings. The maximum absolute atomic E-state index is 11.5. The van der Waals surface area contributed by atoms with Crippen molar-refractivity contribution in [3.63, 3.8) is 0 Å². The average molecular weight is 261 g/mol. The summed E-state index contributed by atoms with van der Waals surface area (Å²) >= 11 is 0. The van der Waals surface area contributed by atoms with E-state index in [1.165, 1.54) is 4.90 Å². The summed E-state index contributed by atoms with van der Waals surface area (Å²) in [6.45, 7) is 0.352. The number of hydrogen-bond acceptors (Lipinski definition) is 2. The zero-order valence-corrected chi connectivity index (χ0v) is 10.9. The molecule has 0 heterocycles. The second-order valence-electron chi connectivity index (χ2n) is 5.05. The molecule has 4 nitrogen and oxygen atoms in total. The molecule has 1 aliphatic carbocycles. The van der Waals surface area contributed by atoms with Crippen LogP contribution in [0.15, 0.2) is 30.3 Å². The van der Waals surface area contributed by atoms with Gasteiger partial charge in [-0.2, -0.15) is 0 Å². The molecule has 1 aliphatic rings. The highest BCUT2D eigenvalue weighted by Gasteiger charge is 2.32. The number of rotatable bonds is 4. The molecular weight excluding hydrogens is 242 g/mol. The molecule has 1 fully saturated rings. The SMILES string of the molecule is O=C[C@H]1CCCC[C@H]1N(Cc1ccccc1)C(=O)O. The normalized spacial score (nSPS) is 22.7. The van der Waals surface area contributed by atoms with Crippen molar-refractivity contribution in [2.75, 3.05) is 0 Å². The number of amides is 1. The van der Waals surface area contributed by atoms with Gasteiger partial charge in [0.2, 0.25) is 0 Å². The van der Waals surface area contributed by atoms with Crippen molar-refractivity contribution >= 4 is 12.4 Å². The number of hydrogen-bond donors (Lipinski definition) is 1. The topological polar surface area (TPSA) is 57.6 Å². The first-order valence-corrected chi connectivity index (χ1v) is 6.71. The first kappa shape index (κ1) is 13.6. The summed E-state index contributed by atoms with van der Waals surface area (Å²) in [5.41, 5.74) is 0.958. The van der Waals surface area contributed by atoms with Gasteiger partial charge in [0.1, 0.15) is 6.29 Å². The molecule has 4 heteroatoms. The summed E-state index contributed by atoms with van der Waals surface area (Å²) in [5, 5.41) is 9.41. The molecule has 1 saturated carbocycles. The smallest absolute Gasteiger partial charge is 0.407 e. The van der Waals surface area contributed by atoms with E-state index < -0.39 is 6.09 Å². The monoisotopic (exact) mass is 261 g/mol. The maximum Gasteiger partial charge on any atom is 0.407 e. The fourth-order valence-electron chi connectivity index (χ4n) is 2.79. The highest BCUT2D eigenvalue weighted by molar-refractivity contribution is 5.67. The summed E-state index contributed by atoms with van der Waals surface area (Å²) in [6.07, 6.45) is 3.56. The Kier molecular flexibility index (Phi) is 4.55. The average Bonchev–Trinajstić information content (AvgIpc) is 2.45. The number of aldehydes is 1. The van der Waals surface area contributed by atoms with Crippen LogP contribution >= 0.6 is 0 Å². The van der Waals surface area contributed by atoms with Crippen LogP contribution in [0.3, 0.4) is 0 Å². The van der Waals surface area contributed by atoms with Crippen LogP contribution in [0, 0.1) is 5.92 Å². The van der Waals surface area contributed by atoms with Crippen LogP contribution < -0.4 is 0 Å². The minimum Gasteiger partial charge on any atom is -0.465 e. The summed E-state index contributed by atoms with van der Waals surface area (Å²) in [5.74, 6) is -0.159. The van der Waals surface area contributed by atoms with Crippen LogP contribution in [0.2, 0.25) is 0 Å². The molecule has 0 bridgehead atoms. The lowest BCUT2D eigenvalue weighted by Gasteiger charge is -2.36. The summed E-state index contributed by atoms with van der Waals surface area (Å²) < 4.78 is 0. The molecule has 2 atom stereocenters. The first-order chi connectivity index (χ1) is 9.22. The molecule has 1 aromatic carbocycles. The van der Waals surface area contributed by atoms with Crippen LogP contribution in [0.25, 0.3) is 0 Å². The van der Waals surface area contributed by atoms with Crippen molar-refractivity contribution in [2.45, 2.75) is 38.3 Å². The molecule has 1 amide bonds. The van der Waals surface area contributed by atoms with Crippen LogP contribution in [0.5, 0.6) is 0 Å². The van der Waals surface area contributed by atoms with Crippen molar-refractivity contribution < 1.29 is 14.7 Å². The largest absolute Gasteiger partial charge is 0.465 e. The summed E-state index contributed by atoms with van der Waals surface area (Å²) in [7, 11) is 0. The zero-order valence-electron chi connectivity index (χ0n) is 10.9. The zero-order chi connectivity index (χ0) is 13.7. The van der Waals surface area contributed by atoms with E-state index >= 15 is 0 Å². The Morgan fingerprint density at radius 1 is 1.26 bits per heavy atom. The van der Waals surface area contributed by atoms with Crippen LogP contribution in [-0.4, -0.2) is 28.4 Å². The lowest BCUT2D eigenvalue weighted by molar-refractivity contribution is -0.113. The predicted molar refractivity (Wildman–Crippen MR) is 71.8 cm³/mol. The molecule has 0 unspecified atom stereocenters. The minimum atomic E-state index is -0.942. The van der Waals surface area contributed by atoms with Gasteiger partial charge in [-0.15, -0.1) is 0 Å². The van der Waals surface area contributed by atoms with E-state index in [4.69, 9.17) is 0 Å². The van der Waals surface area contributed by atoms with Gasteiger partial charge in [-0.3, -0.25) is 0 Å². The van der Waals surface area contributed by atoms with E-state index in [0.717, 1.165) is 37.5 Å². The molecule has 0 aliphatic heterocycles. The van der Waals surface area contributed by atoms with Crippen molar-refractivity contribution in [1.29, 1.82) is 0 Å². The molecule has 0 saturated heterocycles. The molecule has 2 rings (SSSR count). The third-order valence-corrected chi connectivity index (χ3v) is 3.80. The molecule has 0 radical (unpaired) electrons. The number of carbonyl (C=O) groups excluding carboxylic acids is 1. The second-order valence-corrected chi connectivity index (χ2v) is 5.05. The lowest BCUT2D eigenvalue weighted by atomic mass is 9.84. The van der Waals surface area contributed by atoms with Crippen LogP contribution in [0.1, 0.15) is 31.2 Å². The van der Waals surface area contributed by atoms with Crippen molar-refractivity contribution in [3.8, 4) is 0 Å². The lowest BCUT2D eigenvalue weighted by Crippen LogP contribution is -2.45. The Balaban J connectivity index is 2.15. The van der Waals surface area contributed by atoms with Gasteiger partial charge in [-0.1, -0.05) is 43.2 Å². The van der Waals surface area contributed by atoms with Gasteiger partial charge in [0, 0.05) is 18.5 Å². The second kappa shape index (κ2) is 6.36. The Labute approximate surface area is 113 Å². The van der Waals surface area contributed by atoms with E-state index in [0.29, 0.717) is 6.54 Å². The quantitative estimate of drug-likeness (QED) is 0.848. The first-order valence-electron chi connectivity index (χ1n) is 6.71. The molecule has 19 heavy (non-hydrogen) atoms. The highest BCUT2D eigenvalue weighted by atomic mass is 16.4. The number of benzene rings is 1. The van der Waals surface area contributed by atoms with Crippen LogP contribution in [0.4, 0.5) is 4.79 Å². The molecule has 0 aromatic heterocycles. The Bertz CT molecular complexity index is 432. The number of carbonyl (C=O) groups is 2. The fraction of sp³-hybridized carbons (Fsp3) is 0.467. The minimum absolute atomic E-state index is 0.159. The van der Waals surface area contributed by atoms with Crippen molar-refractivity contribution in [1.82, 2.24) is 4.90 Å². The third-order valence-electron chi connectivity index (χ3n) is 3.80. The van der Waals surface area contributed by atoms with E-state index in [-0.39, 0.29) is 12.0 Å². The summed E-state index contributed by atoms with van der Waals surface area (Å²) in [4.78, 5) is 24.0. The van der Waals surface area contributed by atoms with E-state index in [1.54, 1.807) is 0 Å². The van der Waals surface area contributed by atoms with Crippen LogP contribution in [-0.2, 0) is 11.3 Å². The van der Waals surface area contributed by atoms with Gasteiger partial charge in [-0.25, -0.2) is 4.79 Å². The number of nitrogens with zero attached hydrogens (tertiary/aromatic N) is 1.